The molecule has 1 aliphatic heterocycles. The molecule has 3 nitrogen and oxygen atoms in total. The lowest BCUT2D eigenvalue weighted by atomic mass is 10.3. The smallest absolute Gasteiger partial charge is 0.264 e. The number of pyridine rings is 1. The second-order valence-corrected chi connectivity index (χ2v) is 11.7. The van der Waals surface area contributed by atoms with Gasteiger partial charge in [-0.25, -0.2) is 0 Å². The van der Waals surface area contributed by atoms with Crippen LogP contribution < -0.4 is 15.9 Å². The minimum atomic E-state index is -2.21. The van der Waals surface area contributed by atoms with Crippen LogP contribution in [0.1, 0.15) is 12.1 Å². The summed E-state index contributed by atoms with van der Waals surface area (Å²) in [5.41, 5.74) is 0.850. The number of hydrogen-bond acceptors (Lipinski definition) is 2. The third kappa shape index (κ3) is 3.63. The molecule has 0 radical (unpaired) electrons. The van der Waals surface area contributed by atoms with Gasteiger partial charge in [0.15, 0.2) is 5.66 Å². The fourth-order valence-electron chi connectivity index (χ4n) is 4.90. The van der Waals surface area contributed by atoms with E-state index < -0.39 is 7.26 Å². The first-order chi connectivity index (χ1) is 15.8. The summed E-state index contributed by atoms with van der Waals surface area (Å²) in [6.07, 6.45) is 2.64. The summed E-state index contributed by atoms with van der Waals surface area (Å²) in [7, 11) is -2.21. The van der Waals surface area contributed by atoms with E-state index in [1.165, 1.54) is 15.9 Å². The van der Waals surface area contributed by atoms with Crippen molar-refractivity contribution in [2.24, 2.45) is 0 Å². The van der Waals surface area contributed by atoms with E-state index in [0.29, 0.717) is 6.54 Å². The standard InChI is InChI=1S/C28H26N2OP/c31-28-27(19-21-30(28)22-23-12-10-11-20-29-23)32(24-13-4-1-5-14-24,25-15-6-2-7-16-25)26-17-8-3-9-18-26/h1-18,20,27H,19,21-22H2/q+1/t27-/m1/s1. The number of hydrogen-bond donors (Lipinski definition) is 0. The Balaban J connectivity index is 1.66. The van der Waals surface area contributed by atoms with Gasteiger partial charge in [-0.05, 0) is 48.5 Å². The average molecular weight is 438 g/mol. The van der Waals surface area contributed by atoms with E-state index in [-0.39, 0.29) is 11.6 Å². The minimum absolute atomic E-state index is 0.0848. The zero-order chi connectivity index (χ0) is 21.8. The highest BCUT2D eigenvalue weighted by molar-refractivity contribution is 7.96. The molecule has 0 bridgehead atoms. The molecule has 0 unspecified atom stereocenters. The highest BCUT2D eigenvalue weighted by atomic mass is 31.2. The number of benzene rings is 3. The predicted octanol–water partition coefficient (Wildman–Crippen LogP) is 4.18. The highest BCUT2D eigenvalue weighted by Gasteiger charge is 2.58. The van der Waals surface area contributed by atoms with E-state index >= 15 is 0 Å². The lowest BCUT2D eigenvalue weighted by Gasteiger charge is -2.32. The van der Waals surface area contributed by atoms with Crippen LogP contribution in [0.5, 0.6) is 0 Å². The fourth-order valence-corrected chi connectivity index (χ4v) is 9.80. The summed E-state index contributed by atoms with van der Waals surface area (Å²) in [6, 6.07) is 37.9. The maximum atomic E-state index is 14.0. The molecule has 3 aromatic carbocycles. The number of carbonyl (C=O) groups excluding carboxylic acids is 1. The molecule has 0 N–H and O–H groups in total. The van der Waals surface area contributed by atoms with Crippen LogP contribution in [0.3, 0.4) is 0 Å². The normalized spacial score (nSPS) is 16.3. The van der Waals surface area contributed by atoms with Crippen LogP contribution in [0.15, 0.2) is 115 Å². The monoisotopic (exact) mass is 437 g/mol. The highest BCUT2D eigenvalue weighted by Crippen LogP contribution is 2.62. The number of rotatable bonds is 6. The van der Waals surface area contributed by atoms with Gasteiger partial charge in [-0.2, -0.15) is 0 Å². The molecule has 5 rings (SSSR count). The van der Waals surface area contributed by atoms with Crippen LogP contribution in [-0.2, 0) is 11.3 Å². The second kappa shape index (κ2) is 9.06. The van der Waals surface area contributed by atoms with E-state index in [0.717, 1.165) is 18.7 Å². The summed E-state index contributed by atoms with van der Waals surface area (Å²) >= 11 is 0. The van der Waals surface area contributed by atoms with Gasteiger partial charge in [0.2, 0.25) is 0 Å². The van der Waals surface area contributed by atoms with E-state index in [2.05, 4.69) is 96.0 Å². The van der Waals surface area contributed by atoms with Gasteiger partial charge < -0.3 is 4.90 Å². The lowest BCUT2D eigenvalue weighted by molar-refractivity contribution is -0.127. The number of carbonyl (C=O) groups is 1. The number of aromatic nitrogens is 1. The van der Waals surface area contributed by atoms with E-state index in [4.69, 9.17) is 0 Å². The van der Waals surface area contributed by atoms with E-state index in [9.17, 15) is 4.79 Å². The Kier molecular flexibility index (Phi) is 5.83. The van der Waals surface area contributed by atoms with Gasteiger partial charge in [0.05, 0.1) is 12.2 Å². The van der Waals surface area contributed by atoms with Crippen molar-refractivity contribution in [3.63, 3.8) is 0 Å². The van der Waals surface area contributed by atoms with Crippen LogP contribution in [0.25, 0.3) is 0 Å². The minimum Gasteiger partial charge on any atom is -0.333 e. The maximum Gasteiger partial charge on any atom is 0.264 e. The van der Waals surface area contributed by atoms with Gasteiger partial charge in [-0.15, -0.1) is 0 Å². The molecule has 1 saturated heterocycles. The largest absolute Gasteiger partial charge is 0.333 e. The van der Waals surface area contributed by atoms with Crippen LogP contribution in [-0.4, -0.2) is 28.0 Å². The van der Waals surface area contributed by atoms with Gasteiger partial charge in [0, 0.05) is 19.2 Å². The van der Waals surface area contributed by atoms with Crippen LogP contribution in [0.2, 0.25) is 0 Å². The van der Waals surface area contributed by atoms with Crippen molar-refractivity contribution >= 4 is 29.1 Å². The Morgan fingerprint density at radius 2 is 1.22 bits per heavy atom. The van der Waals surface area contributed by atoms with Crippen molar-refractivity contribution in [2.45, 2.75) is 18.6 Å². The molecule has 1 aromatic heterocycles. The van der Waals surface area contributed by atoms with Gasteiger partial charge in [-0.1, -0.05) is 60.7 Å². The van der Waals surface area contributed by atoms with Crippen LogP contribution in [0, 0.1) is 0 Å². The quantitative estimate of drug-likeness (QED) is 0.424. The summed E-state index contributed by atoms with van der Waals surface area (Å²) in [5.74, 6) is 0.237. The molecule has 1 aliphatic rings. The number of likely N-dealkylation sites (tertiary alicyclic amines) is 1. The molecule has 158 valence electrons. The molecular weight excluding hydrogens is 411 g/mol. The molecule has 0 saturated carbocycles. The Morgan fingerprint density at radius 1 is 0.719 bits per heavy atom. The Hall–Kier alpha value is -3.29. The zero-order valence-electron chi connectivity index (χ0n) is 17.9. The molecule has 1 amide bonds. The summed E-state index contributed by atoms with van der Waals surface area (Å²) in [5, 5.41) is 3.78. The Bertz CT molecular complexity index is 1070. The first kappa shape index (κ1) is 20.6. The molecule has 0 aliphatic carbocycles. The molecule has 4 aromatic rings. The van der Waals surface area contributed by atoms with Crippen molar-refractivity contribution in [2.75, 3.05) is 6.54 Å². The fraction of sp³-hybridized carbons (Fsp3) is 0.143. The molecule has 1 atom stereocenters. The average Bonchev–Trinajstić information content (AvgIpc) is 3.22. The molecule has 4 heteroatoms. The molecule has 0 spiro atoms. The number of nitrogens with zero attached hydrogens (tertiary/aromatic N) is 2. The summed E-state index contributed by atoms with van der Waals surface area (Å²) in [6.45, 7) is 1.32. The van der Waals surface area contributed by atoms with Crippen molar-refractivity contribution in [1.29, 1.82) is 0 Å². The van der Waals surface area contributed by atoms with Gasteiger partial charge >= 0.3 is 0 Å². The molecular formula is C28H26N2OP+. The first-order valence-electron chi connectivity index (χ1n) is 11.0. The SMILES string of the molecule is O=C1[C@H]([P+](c2ccccc2)(c2ccccc2)c2ccccc2)CCN1Cc1ccccn1. The molecule has 1 fully saturated rings. The first-order valence-corrected chi connectivity index (χ1v) is 12.9. The van der Waals surface area contributed by atoms with Crippen molar-refractivity contribution < 1.29 is 4.79 Å². The molecule has 2 heterocycles. The zero-order valence-corrected chi connectivity index (χ0v) is 18.8. The lowest BCUT2D eigenvalue weighted by Crippen LogP contribution is -2.42. The maximum absolute atomic E-state index is 14.0. The van der Waals surface area contributed by atoms with Crippen LogP contribution in [0.4, 0.5) is 0 Å². The van der Waals surface area contributed by atoms with Gasteiger partial charge in [0.1, 0.15) is 23.2 Å². The van der Waals surface area contributed by atoms with E-state index in [1.807, 2.05) is 23.1 Å². The van der Waals surface area contributed by atoms with Crippen molar-refractivity contribution in [1.82, 2.24) is 9.88 Å². The van der Waals surface area contributed by atoms with E-state index in [1.54, 1.807) is 6.20 Å². The Morgan fingerprint density at radius 3 is 1.69 bits per heavy atom. The van der Waals surface area contributed by atoms with Crippen LogP contribution >= 0.6 is 7.26 Å². The summed E-state index contributed by atoms with van der Waals surface area (Å²) < 4.78 is 0. The Labute approximate surface area is 190 Å². The van der Waals surface area contributed by atoms with Crippen molar-refractivity contribution in [3.05, 3.63) is 121 Å². The van der Waals surface area contributed by atoms with Gasteiger partial charge in [-0.3, -0.25) is 9.78 Å². The third-order valence-electron chi connectivity index (χ3n) is 6.31. The predicted molar refractivity (Wildman–Crippen MR) is 133 cm³/mol. The van der Waals surface area contributed by atoms with Gasteiger partial charge in [0.25, 0.3) is 5.91 Å². The second-order valence-electron chi connectivity index (χ2n) is 8.11. The topological polar surface area (TPSA) is 33.2 Å². The number of amides is 1. The molecule has 32 heavy (non-hydrogen) atoms. The third-order valence-corrected chi connectivity index (χ3v) is 11.1. The van der Waals surface area contributed by atoms with Crippen molar-refractivity contribution in [3.8, 4) is 0 Å². The summed E-state index contributed by atoms with van der Waals surface area (Å²) in [4.78, 5) is 20.5.